The van der Waals surface area contributed by atoms with Gasteiger partial charge in [-0.3, -0.25) is 4.68 Å². The molecule has 1 aromatic heterocycles. The lowest BCUT2D eigenvalue weighted by molar-refractivity contribution is 0.0788. The minimum atomic E-state index is 0.299. The Hall–Kier alpha value is -0.870. The number of hydrogen-bond donors (Lipinski definition) is 1. The SMILES string of the molecule is CCNC(c1cnn(CC)c1)C1CCCO1. The van der Waals surface area contributed by atoms with Crippen LogP contribution in [0.15, 0.2) is 12.4 Å². The van der Waals surface area contributed by atoms with E-state index >= 15 is 0 Å². The minimum Gasteiger partial charge on any atom is -0.376 e. The Kier molecular flexibility index (Phi) is 3.96. The van der Waals surface area contributed by atoms with Crippen LogP contribution in [0.2, 0.25) is 0 Å². The quantitative estimate of drug-likeness (QED) is 0.826. The maximum absolute atomic E-state index is 5.77. The number of likely N-dealkylation sites (N-methyl/N-ethyl adjacent to an activating group) is 1. The monoisotopic (exact) mass is 223 g/mol. The van der Waals surface area contributed by atoms with Crippen molar-refractivity contribution in [1.29, 1.82) is 0 Å². The van der Waals surface area contributed by atoms with Gasteiger partial charge in [0.25, 0.3) is 0 Å². The first-order valence-electron chi connectivity index (χ1n) is 6.22. The first-order chi connectivity index (χ1) is 7.85. The Balaban J connectivity index is 2.10. The molecule has 2 heterocycles. The van der Waals surface area contributed by atoms with E-state index in [-0.39, 0.29) is 0 Å². The second-order valence-electron chi connectivity index (χ2n) is 4.22. The van der Waals surface area contributed by atoms with Gasteiger partial charge in [0.1, 0.15) is 0 Å². The van der Waals surface area contributed by atoms with Crippen molar-refractivity contribution < 1.29 is 4.74 Å². The Morgan fingerprint density at radius 2 is 2.50 bits per heavy atom. The van der Waals surface area contributed by atoms with Gasteiger partial charge in [-0.05, 0) is 26.3 Å². The number of aromatic nitrogens is 2. The second-order valence-corrected chi connectivity index (χ2v) is 4.22. The summed E-state index contributed by atoms with van der Waals surface area (Å²) in [7, 11) is 0. The first kappa shape index (κ1) is 11.6. The molecule has 16 heavy (non-hydrogen) atoms. The smallest absolute Gasteiger partial charge is 0.0771 e. The van der Waals surface area contributed by atoms with Crippen molar-refractivity contribution in [1.82, 2.24) is 15.1 Å². The van der Waals surface area contributed by atoms with Gasteiger partial charge in [0, 0.05) is 24.9 Å². The van der Waals surface area contributed by atoms with E-state index in [4.69, 9.17) is 4.74 Å². The summed E-state index contributed by atoms with van der Waals surface area (Å²) in [5, 5.41) is 7.83. The molecule has 0 saturated carbocycles. The molecule has 0 spiro atoms. The Morgan fingerprint density at radius 3 is 3.06 bits per heavy atom. The van der Waals surface area contributed by atoms with Crippen LogP contribution in [0.5, 0.6) is 0 Å². The third kappa shape index (κ3) is 2.44. The van der Waals surface area contributed by atoms with E-state index < -0.39 is 0 Å². The molecular formula is C12H21N3O. The zero-order chi connectivity index (χ0) is 11.4. The molecule has 2 rings (SSSR count). The fourth-order valence-corrected chi connectivity index (χ4v) is 2.26. The molecule has 0 amide bonds. The molecule has 90 valence electrons. The number of aryl methyl sites for hydroxylation is 1. The van der Waals surface area contributed by atoms with Crippen LogP contribution in [0.3, 0.4) is 0 Å². The van der Waals surface area contributed by atoms with Crippen molar-refractivity contribution in [2.75, 3.05) is 13.2 Å². The summed E-state index contributed by atoms with van der Waals surface area (Å²) >= 11 is 0. The number of nitrogens with zero attached hydrogens (tertiary/aromatic N) is 2. The van der Waals surface area contributed by atoms with Gasteiger partial charge in [0.05, 0.1) is 18.3 Å². The highest BCUT2D eigenvalue weighted by atomic mass is 16.5. The summed E-state index contributed by atoms with van der Waals surface area (Å²) < 4.78 is 7.73. The molecule has 2 atom stereocenters. The van der Waals surface area contributed by atoms with E-state index in [0.717, 1.165) is 26.1 Å². The normalized spacial score (nSPS) is 22.5. The largest absolute Gasteiger partial charge is 0.376 e. The summed E-state index contributed by atoms with van der Waals surface area (Å²) in [4.78, 5) is 0. The van der Waals surface area contributed by atoms with Gasteiger partial charge >= 0.3 is 0 Å². The van der Waals surface area contributed by atoms with E-state index in [0.29, 0.717) is 12.1 Å². The second kappa shape index (κ2) is 5.46. The predicted molar refractivity (Wildman–Crippen MR) is 63.3 cm³/mol. The van der Waals surface area contributed by atoms with Crippen molar-refractivity contribution in [2.45, 2.75) is 45.4 Å². The summed E-state index contributed by atoms with van der Waals surface area (Å²) in [6.45, 7) is 7.01. The van der Waals surface area contributed by atoms with Crippen molar-refractivity contribution in [3.05, 3.63) is 18.0 Å². The number of nitrogens with one attached hydrogen (secondary N) is 1. The van der Waals surface area contributed by atoms with Gasteiger partial charge in [-0.2, -0.15) is 5.10 Å². The highest BCUT2D eigenvalue weighted by Crippen LogP contribution is 2.26. The van der Waals surface area contributed by atoms with Gasteiger partial charge in [-0.1, -0.05) is 6.92 Å². The van der Waals surface area contributed by atoms with Crippen LogP contribution in [-0.4, -0.2) is 29.0 Å². The maximum Gasteiger partial charge on any atom is 0.0771 e. The van der Waals surface area contributed by atoms with Crippen molar-refractivity contribution in [3.63, 3.8) is 0 Å². The van der Waals surface area contributed by atoms with Crippen molar-refractivity contribution >= 4 is 0 Å². The molecule has 1 aliphatic heterocycles. The van der Waals surface area contributed by atoms with Crippen LogP contribution in [-0.2, 0) is 11.3 Å². The Bertz CT molecular complexity index is 318. The molecule has 4 nitrogen and oxygen atoms in total. The molecule has 2 unspecified atom stereocenters. The van der Waals surface area contributed by atoms with Gasteiger partial charge in [-0.15, -0.1) is 0 Å². The molecule has 1 aromatic rings. The summed E-state index contributed by atoms with van der Waals surface area (Å²) in [5.74, 6) is 0. The molecule has 1 saturated heterocycles. The summed E-state index contributed by atoms with van der Waals surface area (Å²) in [5.41, 5.74) is 1.25. The van der Waals surface area contributed by atoms with E-state index in [1.165, 1.54) is 12.0 Å². The Labute approximate surface area is 97.0 Å². The van der Waals surface area contributed by atoms with E-state index in [1.807, 2.05) is 10.9 Å². The van der Waals surface area contributed by atoms with Crippen LogP contribution in [0, 0.1) is 0 Å². The zero-order valence-electron chi connectivity index (χ0n) is 10.1. The first-order valence-corrected chi connectivity index (χ1v) is 6.22. The molecule has 0 aliphatic carbocycles. The van der Waals surface area contributed by atoms with Crippen LogP contribution in [0.1, 0.15) is 38.3 Å². The van der Waals surface area contributed by atoms with Crippen molar-refractivity contribution in [2.24, 2.45) is 0 Å². The average molecular weight is 223 g/mol. The maximum atomic E-state index is 5.77. The van der Waals surface area contributed by atoms with E-state index in [9.17, 15) is 0 Å². The Morgan fingerprint density at radius 1 is 1.62 bits per heavy atom. The third-order valence-corrected chi connectivity index (χ3v) is 3.10. The highest BCUT2D eigenvalue weighted by Gasteiger charge is 2.27. The van der Waals surface area contributed by atoms with Crippen LogP contribution in [0.25, 0.3) is 0 Å². The standard InChI is InChI=1S/C12H21N3O/c1-3-13-12(11-6-5-7-16-11)10-8-14-15(4-2)9-10/h8-9,11-13H,3-7H2,1-2H3. The lowest BCUT2D eigenvalue weighted by atomic mass is 10.0. The molecule has 0 radical (unpaired) electrons. The van der Waals surface area contributed by atoms with E-state index in [2.05, 4.69) is 30.5 Å². The number of ether oxygens (including phenoxy) is 1. The molecule has 0 aromatic carbocycles. The number of hydrogen-bond acceptors (Lipinski definition) is 3. The van der Waals surface area contributed by atoms with E-state index in [1.54, 1.807) is 0 Å². The number of rotatable bonds is 5. The van der Waals surface area contributed by atoms with Crippen LogP contribution >= 0.6 is 0 Å². The molecular weight excluding hydrogens is 202 g/mol. The fraction of sp³-hybridized carbons (Fsp3) is 0.750. The molecule has 4 heteroatoms. The lowest BCUT2D eigenvalue weighted by Crippen LogP contribution is -2.31. The molecule has 0 bridgehead atoms. The zero-order valence-corrected chi connectivity index (χ0v) is 10.1. The van der Waals surface area contributed by atoms with Crippen LogP contribution in [0.4, 0.5) is 0 Å². The van der Waals surface area contributed by atoms with Gasteiger partial charge < -0.3 is 10.1 Å². The predicted octanol–water partition coefficient (Wildman–Crippen LogP) is 1.73. The average Bonchev–Trinajstić information content (AvgIpc) is 2.97. The molecule has 1 N–H and O–H groups in total. The van der Waals surface area contributed by atoms with Gasteiger partial charge in [-0.25, -0.2) is 0 Å². The lowest BCUT2D eigenvalue weighted by Gasteiger charge is -2.22. The summed E-state index contributed by atoms with van der Waals surface area (Å²) in [6, 6.07) is 0.299. The van der Waals surface area contributed by atoms with Crippen molar-refractivity contribution in [3.8, 4) is 0 Å². The third-order valence-electron chi connectivity index (χ3n) is 3.10. The molecule has 1 aliphatic rings. The summed E-state index contributed by atoms with van der Waals surface area (Å²) in [6.07, 6.45) is 6.71. The van der Waals surface area contributed by atoms with Gasteiger partial charge in [0.2, 0.25) is 0 Å². The molecule has 1 fully saturated rings. The fourth-order valence-electron chi connectivity index (χ4n) is 2.26. The van der Waals surface area contributed by atoms with Gasteiger partial charge in [0.15, 0.2) is 0 Å². The van der Waals surface area contributed by atoms with Crippen LogP contribution < -0.4 is 5.32 Å². The topological polar surface area (TPSA) is 39.1 Å². The highest BCUT2D eigenvalue weighted by molar-refractivity contribution is 5.13. The minimum absolute atomic E-state index is 0.299.